The molecule has 0 fully saturated rings. The molecule has 2 N–H and O–H groups in total. The van der Waals surface area contributed by atoms with Crippen molar-refractivity contribution in [3.8, 4) is 5.75 Å². The van der Waals surface area contributed by atoms with Crippen LogP contribution in [0.3, 0.4) is 0 Å². The minimum atomic E-state index is -0.670. The number of nitrogens with zero attached hydrogens (tertiary/aromatic N) is 1. The number of carbonyl (C=O) groups is 3. The predicted molar refractivity (Wildman–Crippen MR) is 98.4 cm³/mol. The van der Waals surface area contributed by atoms with E-state index in [1.807, 2.05) is 0 Å². The number of nitro benzene ring substituents is 1. The van der Waals surface area contributed by atoms with Crippen LogP contribution in [0.4, 0.5) is 11.4 Å². The molecule has 2 aromatic rings. The van der Waals surface area contributed by atoms with Crippen molar-refractivity contribution in [3.63, 3.8) is 0 Å². The maximum Gasteiger partial charge on any atom is 0.337 e. The second kappa shape index (κ2) is 9.12. The van der Waals surface area contributed by atoms with Crippen LogP contribution >= 0.6 is 0 Å². The number of amides is 2. The number of hydrogen-bond donors (Lipinski definition) is 2. The molecule has 0 spiro atoms. The van der Waals surface area contributed by atoms with Crippen LogP contribution in [0.5, 0.6) is 5.75 Å². The number of nitro groups is 1. The summed E-state index contributed by atoms with van der Waals surface area (Å²) in [6.45, 7) is -0.374. The molecule has 10 nitrogen and oxygen atoms in total. The van der Waals surface area contributed by atoms with Crippen molar-refractivity contribution in [2.45, 2.75) is 0 Å². The van der Waals surface area contributed by atoms with Crippen molar-refractivity contribution in [3.05, 3.63) is 63.7 Å². The molecule has 0 unspecified atom stereocenters. The van der Waals surface area contributed by atoms with Gasteiger partial charge in [-0.25, -0.2) is 4.79 Å². The van der Waals surface area contributed by atoms with E-state index in [2.05, 4.69) is 15.4 Å². The maximum absolute atomic E-state index is 12.1. The zero-order valence-electron chi connectivity index (χ0n) is 15.1. The summed E-state index contributed by atoms with van der Waals surface area (Å²) < 4.78 is 9.47. The van der Waals surface area contributed by atoms with Crippen LogP contribution in [0.2, 0.25) is 0 Å². The Bertz CT molecular complexity index is 927. The molecule has 0 aliphatic heterocycles. The van der Waals surface area contributed by atoms with Gasteiger partial charge in [0, 0.05) is 17.3 Å². The summed E-state index contributed by atoms with van der Waals surface area (Å²) in [7, 11) is 2.52. The molecule has 2 amide bonds. The lowest BCUT2D eigenvalue weighted by Gasteiger charge is -2.09. The van der Waals surface area contributed by atoms with Crippen LogP contribution in [0.15, 0.2) is 42.5 Å². The molecule has 0 aromatic heterocycles. The molecule has 10 heteroatoms. The first kappa shape index (κ1) is 20.4. The number of nitrogens with one attached hydrogen (secondary N) is 2. The summed E-state index contributed by atoms with van der Waals surface area (Å²) in [5.74, 6) is -1.74. The normalized spacial score (nSPS) is 9.93. The fourth-order valence-electron chi connectivity index (χ4n) is 2.28. The highest BCUT2D eigenvalue weighted by molar-refractivity contribution is 6.00. The molecule has 0 aliphatic carbocycles. The van der Waals surface area contributed by atoms with Crippen molar-refractivity contribution in [2.75, 3.05) is 26.1 Å². The number of carbonyl (C=O) groups excluding carboxylic acids is 3. The Morgan fingerprint density at radius 1 is 1.07 bits per heavy atom. The van der Waals surface area contributed by atoms with Gasteiger partial charge < -0.3 is 20.1 Å². The highest BCUT2D eigenvalue weighted by Gasteiger charge is 2.18. The van der Waals surface area contributed by atoms with Gasteiger partial charge in [0.2, 0.25) is 5.91 Å². The zero-order chi connectivity index (χ0) is 20.7. The first-order chi connectivity index (χ1) is 13.3. The van der Waals surface area contributed by atoms with Gasteiger partial charge in [-0.1, -0.05) is 6.07 Å². The lowest BCUT2D eigenvalue weighted by Crippen LogP contribution is -2.32. The summed E-state index contributed by atoms with van der Waals surface area (Å²) in [5.41, 5.74) is 0.254. The first-order valence-electron chi connectivity index (χ1n) is 7.94. The third-order valence-corrected chi connectivity index (χ3v) is 3.61. The van der Waals surface area contributed by atoms with E-state index in [0.29, 0.717) is 5.69 Å². The molecule has 0 bridgehead atoms. The Balaban J connectivity index is 1.99. The fraction of sp³-hybridized carbons (Fsp3) is 0.167. The monoisotopic (exact) mass is 387 g/mol. The standard InChI is InChI=1S/C18H17N3O7/c1-27-15-7-6-11(9-14(15)21(25)26)17(23)19-10-16(22)20-13-5-3-4-12(8-13)18(24)28-2/h3-9H,10H2,1-2H3,(H,19,23)(H,20,22). The summed E-state index contributed by atoms with van der Waals surface area (Å²) in [6, 6.07) is 9.80. The van der Waals surface area contributed by atoms with Gasteiger partial charge in [0.25, 0.3) is 5.91 Å². The second-order valence-electron chi connectivity index (χ2n) is 5.45. The van der Waals surface area contributed by atoms with Crippen LogP contribution in [0.25, 0.3) is 0 Å². The van der Waals surface area contributed by atoms with Crippen molar-refractivity contribution < 1.29 is 28.8 Å². The van der Waals surface area contributed by atoms with E-state index in [-0.39, 0.29) is 29.1 Å². The molecule has 2 aromatic carbocycles. The zero-order valence-corrected chi connectivity index (χ0v) is 15.1. The number of rotatable bonds is 7. The maximum atomic E-state index is 12.1. The molecule has 146 valence electrons. The van der Waals surface area contributed by atoms with Crippen molar-refractivity contribution in [2.24, 2.45) is 0 Å². The van der Waals surface area contributed by atoms with Crippen LogP contribution < -0.4 is 15.4 Å². The predicted octanol–water partition coefficient (Wildman–Crippen LogP) is 1.76. The van der Waals surface area contributed by atoms with Gasteiger partial charge in [0.1, 0.15) is 0 Å². The first-order valence-corrected chi connectivity index (χ1v) is 7.94. The topological polar surface area (TPSA) is 137 Å². The van der Waals surface area contributed by atoms with E-state index >= 15 is 0 Å². The highest BCUT2D eigenvalue weighted by Crippen LogP contribution is 2.27. The number of hydrogen-bond acceptors (Lipinski definition) is 7. The lowest BCUT2D eigenvalue weighted by molar-refractivity contribution is -0.385. The molecular formula is C18H17N3O7. The van der Waals surface area contributed by atoms with Crippen molar-refractivity contribution in [1.29, 1.82) is 0 Å². The van der Waals surface area contributed by atoms with Gasteiger partial charge in [-0.05, 0) is 30.3 Å². The Kier molecular flexibility index (Phi) is 6.63. The number of ether oxygens (including phenoxy) is 2. The van der Waals surface area contributed by atoms with Gasteiger partial charge in [-0.15, -0.1) is 0 Å². The van der Waals surface area contributed by atoms with E-state index in [1.54, 1.807) is 12.1 Å². The van der Waals surface area contributed by atoms with Crippen LogP contribution in [-0.4, -0.2) is 43.5 Å². The van der Waals surface area contributed by atoms with Crippen LogP contribution in [-0.2, 0) is 9.53 Å². The Morgan fingerprint density at radius 3 is 2.46 bits per heavy atom. The lowest BCUT2D eigenvalue weighted by atomic mass is 10.1. The van der Waals surface area contributed by atoms with Gasteiger partial charge in [-0.3, -0.25) is 19.7 Å². The summed E-state index contributed by atoms with van der Waals surface area (Å²) in [5, 5.41) is 15.9. The summed E-state index contributed by atoms with van der Waals surface area (Å²) in [6.07, 6.45) is 0. The molecule has 0 heterocycles. The molecular weight excluding hydrogens is 370 g/mol. The Hall–Kier alpha value is -3.95. The second-order valence-corrected chi connectivity index (χ2v) is 5.45. The quantitative estimate of drug-likeness (QED) is 0.419. The third-order valence-electron chi connectivity index (χ3n) is 3.61. The smallest absolute Gasteiger partial charge is 0.337 e. The van der Waals surface area contributed by atoms with Gasteiger partial charge >= 0.3 is 11.7 Å². The van der Waals surface area contributed by atoms with Gasteiger partial charge in [0.05, 0.1) is 31.3 Å². The fourth-order valence-corrected chi connectivity index (χ4v) is 2.28. The number of esters is 1. The Morgan fingerprint density at radius 2 is 1.82 bits per heavy atom. The molecule has 0 radical (unpaired) electrons. The molecule has 28 heavy (non-hydrogen) atoms. The number of methoxy groups -OCH3 is 2. The molecule has 0 saturated carbocycles. The van der Waals surface area contributed by atoms with E-state index in [0.717, 1.165) is 6.07 Å². The summed E-state index contributed by atoms with van der Waals surface area (Å²) >= 11 is 0. The minimum absolute atomic E-state index is 0.00740. The molecule has 2 rings (SSSR count). The molecule has 0 aliphatic rings. The Labute approximate surface area is 159 Å². The van der Waals surface area contributed by atoms with Crippen molar-refractivity contribution in [1.82, 2.24) is 5.32 Å². The molecule has 0 saturated heterocycles. The van der Waals surface area contributed by atoms with E-state index in [4.69, 9.17) is 4.74 Å². The number of benzene rings is 2. The average Bonchev–Trinajstić information content (AvgIpc) is 2.70. The summed E-state index contributed by atoms with van der Waals surface area (Å²) in [4.78, 5) is 46.0. The van der Waals surface area contributed by atoms with Crippen LogP contribution in [0, 0.1) is 10.1 Å². The SMILES string of the molecule is COC(=O)c1cccc(NC(=O)CNC(=O)c2ccc(OC)c([N+](=O)[O-])c2)c1. The van der Waals surface area contributed by atoms with Crippen LogP contribution in [0.1, 0.15) is 20.7 Å². The average molecular weight is 387 g/mol. The third kappa shape index (κ3) is 5.04. The highest BCUT2D eigenvalue weighted by atomic mass is 16.6. The van der Waals surface area contributed by atoms with Crippen molar-refractivity contribution >= 4 is 29.2 Å². The van der Waals surface area contributed by atoms with Gasteiger partial charge in [0.15, 0.2) is 5.75 Å². The largest absolute Gasteiger partial charge is 0.490 e. The van der Waals surface area contributed by atoms with E-state index < -0.39 is 22.7 Å². The van der Waals surface area contributed by atoms with E-state index in [1.165, 1.54) is 38.5 Å². The number of anilines is 1. The van der Waals surface area contributed by atoms with E-state index in [9.17, 15) is 24.5 Å². The minimum Gasteiger partial charge on any atom is -0.490 e. The molecule has 0 atom stereocenters. The van der Waals surface area contributed by atoms with Gasteiger partial charge in [-0.2, -0.15) is 0 Å².